The minimum absolute atomic E-state index is 0.107. The molecular weight excluding hydrogens is 424 g/mol. The summed E-state index contributed by atoms with van der Waals surface area (Å²) in [6, 6.07) is 6.94. The molecule has 2 N–H and O–H groups in total. The number of carbonyl (C=O) groups is 1. The molecular formula is C25H30N2O6. The summed E-state index contributed by atoms with van der Waals surface area (Å²) in [4.78, 5) is 16.7. The lowest BCUT2D eigenvalue weighted by atomic mass is 9.99. The lowest BCUT2D eigenvalue weighted by Crippen LogP contribution is -3.13. The SMILES string of the molecule is COc1cccc(C=C2Oc3c(C[NH+]4CCN(CCO)CC4)c([O-])cc(C)c3C2=O)c1OC. The molecule has 2 aliphatic heterocycles. The smallest absolute Gasteiger partial charge is 0.232 e. The summed E-state index contributed by atoms with van der Waals surface area (Å²) in [6.07, 6.45) is 1.64. The molecule has 2 aromatic rings. The zero-order chi connectivity index (χ0) is 23.5. The molecule has 176 valence electrons. The first-order valence-electron chi connectivity index (χ1n) is 11.1. The number of quaternary nitrogens is 1. The van der Waals surface area contributed by atoms with Crippen molar-refractivity contribution in [3.63, 3.8) is 0 Å². The minimum Gasteiger partial charge on any atom is -0.872 e. The van der Waals surface area contributed by atoms with E-state index in [1.165, 1.54) is 11.0 Å². The van der Waals surface area contributed by atoms with Crippen LogP contribution in [0.4, 0.5) is 0 Å². The van der Waals surface area contributed by atoms with Crippen LogP contribution in [0.15, 0.2) is 30.0 Å². The highest BCUT2D eigenvalue weighted by molar-refractivity contribution is 6.16. The van der Waals surface area contributed by atoms with E-state index in [4.69, 9.17) is 19.3 Å². The van der Waals surface area contributed by atoms with Crippen LogP contribution in [0.5, 0.6) is 23.0 Å². The number of aryl methyl sites for hydroxylation is 1. The Morgan fingerprint density at radius 2 is 2.00 bits per heavy atom. The van der Waals surface area contributed by atoms with E-state index in [1.807, 2.05) is 12.1 Å². The number of β-amino-alcohol motifs (C(OH)–C–C–N with tert-alkyl or cyclic N) is 1. The number of benzene rings is 2. The molecule has 1 saturated heterocycles. The predicted octanol–water partition coefficient (Wildman–Crippen LogP) is 0.395. The third kappa shape index (κ3) is 4.55. The van der Waals surface area contributed by atoms with Gasteiger partial charge in [0.15, 0.2) is 17.3 Å². The number of para-hydroxylation sites is 1. The fraction of sp³-hybridized carbons (Fsp3) is 0.400. The van der Waals surface area contributed by atoms with Crippen molar-refractivity contribution in [3.8, 4) is 23.0 Å². The number of methoxy groups -OCH3 is 2. The molecule has 2 aliphatic rings. The van der Waals surface area contributed by atoms with Gasteiger partial charge < -0.3 is 29.3 Å². The number of ketones is 1. The van der Waals surface area contributed by atoms with E-state index in [1.54, 1.807) is 33.3 Å². The normalized spacial score (nSPS) is 17.8. The van der Waals surface area contributed by atoms with Crippen molar-refractivity contribution in [3.05, 3.63) is 52.3 Å². The van der Waals surface area contributed by atoms with Crippen molar-refractivity contribution in [2.75, 3.05) is 53.6 Å². The number of rotatable bonds is 7. The molecule has 0 spiro atoms. The van der Waals surface area contributed by atoms with E-state index >= 15 is 0 Å². The van der Waals surface area contributed by atoms with Gasteiger partial charge in [-0.2, -0.15) is 0 Å². The Labute approximate surface area is 193 Å². The van der Waals surface area contributed by atoms with Crippen molar-refractivity contribution in [2.45, 2.75) is 13.5 Å². The number of ether oxygens (including phenoxy) is 3. The molecule has 0 atom stereocenters. The van der Waals surface area contributed by atoms with Gasteiger partial charge in [-0.15, -0.1) is 0 Å². The van der Waals surface area contributed by atoms with Gasteiger partial charge in [-0.3, -0.25) is 9.69 Å². The molecule has 0 unspecified atom stereocenters. The van der Waals surface area contributed by atoms with E-state index in [0.29, 0.717) is 52.6 Å². The molecule has 2 aromatic carbocycles. The third-order valence-corrected chi connectivity index (χ3v) is 6.33. The first-order chi connectivity index (χ1) is 16.0. The quantitative estimate of drug-likeness (QED) is 0.585. The maximum atomic E-state index is 13.2. The van der Waals surface area contributed by atoms with Crippen molar-refractivity contribution >= 4 is 11.9 Å². The summed E-state index contributed by atoms with van der Waals surface area (Å²) in [6.45, 7) is 6.52. The maximum absolute atomic E-state index is 13.2. The largest absolute Gasteiger partial charge is 0.872 e. The molecule has 0 aromatic heterocycles. The summed E-state index contributed by atoms with van der Waals surface area (Å²) in [5.41, 5.74) is 2.26. The summed E-state index contributed by atoms with van der Waals surface area (Å²) in [5.74, 6) is 1.25. The Morgan fingerprint density at radius 1 is 1.24 bits per heavy atom. The second-order valence-electron chi connectivity index (χ2n) is 8.39. The zero-order valence-electron chi connectivity index (χ0n) is 19.3. The standard InChI is InChI=1S/C25H30N2O6/c1-16-13-19(29)18(15-27-9-7-26(8-10-27)11-12-28)25-22(16)23(30)21(33-25)14-17-5-4-6-20(31-2)24(17)32-3/h4-6,13-14,28-29H,7-12,15H2,1-3H3. The molecule has 33 heavy (non-hydrogen) atoms. The van der Waals surface area contributed by atoms with Gasteiger partial charge in [-0.05, 0) is 24.6 Å². The Kier molecular flexibility index (Phi) is 6.88. The van der Waals surface area contributed by atoms with Crippen molar-refractivity contribution in [1.29, 1.82) is 0 Å². The lowest BCUT2D eigenvalue weighted by Gasteiger charge is -2.32. The van der Waals surface area contributed by atoms with E-state index in [-0.39, 0.29) is 23.9 Å². The Morgan fingerprint density at radius 3 is 2.67 bits per heavy atom. The first kappa shape index (κ1) is 23.1. The Bertz CT molecular complexity index is 1070. The molecule has 2 heterocycles. The van der Waals surface area contributed by atoms with E-state index < -0.39 is 0 Å². The van der Waals surface area contributed by atoms with Crippen molar-refractivity contribution < 1.29 is 34.1 Å². The Balaban J connectivity index is 1.63. The van der Waals surface area contributed by atoms with Crippen molar-refractivity contribution in [1.82, 2.24) is 4.90 Å². The van der Waals surface area contributed by atoms with E-state index in [2.05, 4.69) is 4.90 Å². The zero-order valence-corrected chi connectivity index (χ0v) is 19.3. The average molecular weight is 455 g/mol. The van der Waals surface area contributed by atoms with Gasteiger partial charge in [0.2, 0.25) is 5.78 Å². The van der Waals surface area contributed by atoms with Gasteiger partial charge >= 0.3 is 0 Å². The Hall–Kier alpha value is -3.07. The number of Topliss-reactive ketones (excluding diaryl/α,β-unsaturated/α-hetero) is 1. The van der Waals surface area contributed by atoms with Gasteiger partial charge in [0.1, 0.15) is 12.3 Å². The van der Waals surface area contributed by atoms with Gasteiger partial charge in [0, 0.05) is 30.8 Å². The van der Waals surface area contributed by atoms with Crippen LogP contribution in [-0.2, 0) is 6.54 Å². The van der Waals surface area contributed by atoms with Crippen molar-refractivity contribution in [2.24, 2.45) is 0 Å². The second kappa shape index (κ2) is 9.82. The summed E-state index contributed by atoms with van der Waals surface area (Å²) in [7, 11) is 3.10. The number of allylic oxidation sites excluding steroid dienone is 1. The summed E-state index contributed by atoms with van der Waals surface area (Å²) in [5, 5.41) is 22.0. The number of nitrogens with one attached hydrogen (secondary N) is 1. The van der Waals surface area contributed by atoms with Crippen LogP contribution in [0.1, 0.15) is 27.0 Å². The predicted molar refractivity (Wildman–Crippen MR) is 121 cm³/mol. The molecule has 0 amide bonds. The highest BCUT2D eigenvalue weighted by Crippen LogP contribution is 2.41. The van der Waals surface area contributed by atoms with E-state index in [0.717, 1.165) is 26.2 Å². The average Bonchev–Trinajstić information content (AvgIpc) is 3.14. The summed E-state index contributed by atoms with van der Waals surface area (Å²) >= 11 is 0. The first-order valence-corrected chi connectivity index (χ1v) is 11.1. The number of fused-ring (bicyclic) bond motifs is 1. The minimum atomic E-state index is -0.239. The third-order valence-electron chi connectivity index (χ3n) is 6.33. The number of carbonyl (C=O) groups excluding carboxylic acids is 1. The van der Waals surface area contributed by atoms with Crippen LogP contribution in [-0.4, -0.2) is 69.3 Å². The molecule has 0 radical (unpaired) electrons. The molecule has 0 bridgehead atoms. The van der Waals surface area contributed by atoms with Gasteiger partial charge in [0.25, 0.3) is 0 Å². The number of piperazine rings is 1. The highest BCUT2D eigenvalue weighted by atomic mass is 16.5. The molecule has 4 rings (SSSR count). The fourth-order valence-electron chi connectivity index (χ4n) is 4.56. The number of hydrogen-bond acceptors (Lipinski definition) is 7. The van der Waals surface area contributed by atoms with Gasteiger partial charge in [0.05, 0.1) is 39.5 Å². The number of nitrogens with zero attached hydrogens (tertiary/aromatic N) is 1. The molecule has 8 heteroatoms. The topological polar surface area (TPSA) is 95.7 Å². The van der Waals surface area contributed by atoms with Crippen LogP contribution in [0, 0.1) is 6.92 Å². The van der Waals surface area contributed by atoms with Crippen LogP contribution >= 0.6 is 0 Å². The number of hydrogen-bond donors (Lipinski definition) is 2. The molecule has 8 nitrogen and oxygen atoms in total. The van der Waals surface area contributed by atoms with Gasteiger partial charge in [-0.25, -0.2) is 0 Å². The highest BCUT2D eigenvalue weighted by Gasteiger charge is 2.33. The van der Waals surface area contributed by atoms with Crippen LogP contribution < -0.4 is 24.2 Å². The second-order valence-corrected chi connectivity index (χ2v) is 8.39. The van der Waals surface area contributed by atoms with E-state index in [9.17, 15) is 9.90 Å². The molecule has 0 saturated carbocycles. The van der Waals surface area contributed by atoms with Crippen LogP contribution in [0.25, 0.3) is 6.08 Å². The maximum Gasteiger partial charge on any atom is 0.232 e. The summed E-state index contributed by atoms with van der Waals surface area (Å²) < 4.78 is 16.9. The van der Waals surface area contributed by atoms with Crippen LogP contribution in [0.2, 0.25) is 0 Å². The lowest BCUT2D eigenvalue weighted by molar-refractivity contribution is -0.918. The molecule has 0 aliphatic carbocycles. The van der Waals surface area contributed by atoms with Crippen LogP contribution in [0.3, 0.4) is 0 Å². The molecule has 1 fully saturated rings. The monoisotopic (exact) mass is 454 g/mol. The number of aliphatic hydroxyl groups excluding tert-OH is 1. The fourth-order valence-corrected chi connectivity index (χ4v) is 4.56. The number of aliphatic hydroxyl groups is 1. The van der Waals surface area contributed by atoms with Gasteiger partial charge in [-0.1, -0.05) is 23.9 Å².